The Morgan fingerprint density at radius 3 is 2.67 bits per heavy atom. The van der Waals surface area contributed by atoms with Crippen molar-refractivity contribution < 1.29 is 9.90 Å². The van der Waals surface area contributed by atoms with Crippen LogP contribution in [0.3, 0.4) is 0 Å². The van der Waals surface area contributed by atoms with Gasteiger partial charge < -0.3 is 10.8 Å². The first-order valence-corrected chi connectivity index (χ1v) is 6.49. The number of carboxylic acid groups (broad SMARTS) is 1. The maximum atomic E-state index is 10.9. The molecule has 1 aromatic rings. The zero-order valence-corrected chi connectivity index (χ0v) is 10.6. The molecule has 2 bridgehead atoms. The summed E-state index contributed by atoms with van der Waals surface area (Å²) >= 11 is 0. The number of rotatable bonds is 4. The fraction of sp³-hybridized carbons (Fsp3) is 0.533. The van der Waals surface area contributed by atoms with E-state index in [1.807, 2.05) is 0 Å². The fourth-order valence-electron chi connectivity index (χ4n) is 4.12. The molecule has 96 valence electrons. The Balaban J connectivity index is 1.65. The van der Waals surface area contributed by atoms with Crippen molar-refractivity contribution in [3.8, 4) is 0 Å². The molecule has 3 aliphatic carbocycles. The summed E-state index contributed by atoms with van der Waals surface area (Å²) in [6.07, 6.45) is 4.03. The van der Waals surface area contributed by atoms with Gasteiger partial charge in [-0.1, -0.05) is 29.8 Å². The van der Waals surface area contributed by atoms with Crippen LogP contribution < -0.4 is 5.73 Å². The number of hydrogen-bond acceptors (Lipinski definition) is 2. The molecule has 3 aliphatic rings. The van der Waals surface area contributed by atoms with Crippen LogP contribution >= 0.6 is 0 Å². The van der Waals surface area contributed by atoms with E-state index in [-0.39, 0.29) is 5.41 Å². The van der Waals surface area contributed by atoms with Crippen molar-refractivity contribution in [2.75, 3.05) is 0 Å². The number of nitrogens with two attached hydrogens (primary N) is 1. The van der Waals surface area contributed by atoms with Crippen LogP contribution in [0.25, 0.3) is 0 Å². The molecule has 1 unspecified atom stereocenters. The van der Waals surface area contributed by atoms with E-state index in [4.69, 9.17) is 10.8 Å². The molecule has 3 heteroatoms. The van der Waals surface area contributed by atoms with Crippen molar-refractivity contribution in [3.05, 3.63) is 35.4 Å². The largest absolute Gasteiger partial charge is 0.480 e. The normalized spacial score (nSPS) is 34.3. The summed E-state index contributed by atoms with van der Waals surface area (Å²) < 4.78 is 0. The summed E-state index contributed by atoms with van der Waals surface area (Å²) in [4.78, 5) is 10.9. The number of aryl methyl sites for hydroxylation is 1. The van der Waals surface area contributed by atoms with Crippen LogP contribution in [0.15, 0.2) is 24.3 Å². The van der Waals surface area contributed by atoms with E-state index >= 15 is 0 Å². The third-order valence-corrected chi connectivity index (χ3v) is 4.77. The summed E-state index contributed by atoms with van der Waals surface area (Å²) in [5.41, 5.74) is 8.69. The van der Waals surface area contributed by atoms with Gasteiger partial charge in [-0.2, -0.15) is 0 Å². The van der Waals surface area contributed by atoms with Gasteiger partial charge in [0, 0.05) is 0 Å². The van der Waals surface area contributed by atoms with E-state index in [2.05, 4.69) is 31.2 Å². The van der Waals surface area contributed by atoms with E-state index < -0.39 is 12.0 Å². The molecule has 0 spiro atoms. The maximum absolute atomic E-state index is 10.9. The minimum absolute atomic E-state index is 0.0876. The lowest BCUT2D eigenvalue weighted by atomic mass is 9.32. The van der Waals surface area contributed by atoms with Crippen molar-refractivity contribution >= 4 is 5.97 Å². The molecular formula is C15H19NO2. The number of carbonyl (C=O) groups is 1. The van der Waals surface area contributed by atoms with Crippen molar-refractivity contribution in [2.24, 2.45) is 16.6 Å². The van der Waals surface area contributed by atoms with Crippen LogP contribution in [0.2, 0.25) is 0 Å². The van der Waals surface area contributed by atoms with Gasteiger partial charge in [-0.3, -0.25) is 4.79 Å². The second kappa shape index (κ2) is 3.58. The minimum Gasteiger partial charge on any atom is -0.480 e. The molecule has 3 saturated carbocycles. The molecule has 0 aromatic heterocycles. The standard InChI is InChI=1S/C15H19NO2/c1-10-3-2-4-11(5-10)6-14-7-15(8-14,9-14)12(16)13(17)18/h2-5,12H,6-9,16H2,1H3,(H,17,18). The Morgan fingerprint density at radius 2 is 2.11 bits per heavy atom. The van der Waals surface area contributed by atoms with Crippen LogP contribution in [-0.2, 0) is 11.2 Å². The van der Waals surface area contributed by atoms with Gasteiger partial charge in [0.05, 0.1) is 0 Å². The quantitative estimate of drug-likeness (QED) is 0.854. The smallest absolute Gasteiger partial charge is 0.321 e. The molecule has 1 aromatic carbocycles. The molecule has 0 heterocycles. The molecule has 0 aliphatic heterocycles. The molecule has 0 amide bonds. The van der Waals surface area contributed by atoms with E-state index in [0.717, 1.165) is 25.7 Å². The Bertz CT molecular complexity index is 489. The highest BCUT2D eigenvalue weighted by molar-refractivity contribution is 5.75. The molecular weight excluding hydrogens is 226 g/mol. The van der Waals surface area contributed by atoms with Gasteiger partial charge in [0.1, 0.15) is 6.04 Å². The second-order valence-corrected chi connectivity index (χ2v) is 6.37. The number of benzene rings is 1. The predicted octanol–water partition coefficient (Wildman–Crippen LogP) is 2.12. The Kier molecular flexibility index (Phi) is 2.33. The van der Waals surface area contributed by atoms with Gasteiger partial charge in [-0.05, 0) is 49.0 Å². The van der Waals surface area contributed by atoms with E-state index in [9.17, 15) is 4.79 Å². The highest BCUT2D eigenvalue weighted by Crippen LogP contribution is 2.75. The molecule has 3 fully saturated rings. The minimum atomic E-state index is -0.848. The second-order valence-electron chi connectivity index (χ2n) is 6.37. The zero-order chi connectivity index (χ0) is 13.0. The topological polar surface area (TPSA) is 63.3 Å². The molecule has 0 radical (unpaired) electrons. The third-order valence-electron chi connectivity index (χ3n) is 4.77. The monoisotopic (exact) mass is 245 g/mol. The summed E-state index contributed by atoms with van der Waals surface area (Å²) in [5.74, 6) is -0.848. The Labute approximate surface area is 107 Å². The van der Waals surface area contributed by atoms with E-state index in [1.165, 1.54) is 11.1 Å². The van der Waals surface area contributed by atoms with Gasteiger partial charge in [-0.15, -0.1) is 0 Å². The summed E-state index contributed by atoms with van der Waals surface area (Å²) in [6, 6.07) is 7.92. The average Bonchev–Trinajstić information content (AvgIpc) is 2.20. The lowest BCUT2D eigenvalue weighted by molar-refractivity contribution is -0.219. The van der Waals surface area contributed by atoms with Crippen LogP contribution in [0, 0.1) is 17.8 Å². The first-order chi connectivity index (χ1) is 8.45. The lowest BCUT2D eigenvalue weighted by Gasteiger charge is -2.72. The van der Waals surface area contributed by atoms with E-state index in [0.29, 0.717) is 5.41 Å². The first-order valence-electron chi connectivity index (χ1n) is 6.49. The van der Waals surface area contributed by atoms with E-state index in [1.54, 1.807) is 0 Å². The Hall–Kier alpha value is -1.35. The fourth-order valence-corrected chi connectivity index (χ4v) is 4.12. The van der Waals surface area contributed by atoms with Crippen molar-refractivity contribution in [2.45, 2.75) is 38.6 Å². The van der Waals surface area contributed by atoms with Crippen LogP contribution in [0.4, 0.5) is 0 Å². The van der Waals surface area contributed by atoms with Crippen LogP contribution in [0.1, 0.15) is 30.4 Å². The van der Waals surface area contributed by atoms with Crippen molar-refractivity contribution in [1.29, 1.82) is 0 Å². The molecule has 3 N–H and O–H groups in total. The van der Waals surface area contributed by atoms with Gasteiger partial charge in [0.2, 0.25) is 0 Å². The average molecular weight is 245 g/mol. The molecule has 3 nitrogen and oxygen atoms in total. The molecule has 0 saturated heterocycles. The highest BCUT2D eigenvalue weighted by atomic mass is 16.4. The SMILES string of the molecule is Cc1cccc(CC23CC(C(N)C(=O)O)(C2)C3)c1. The predicted molar refractivity (Wildman–Crippen MR) is 69.2 cm³/mol. The van der Waals surface area contributed by atoms with Crippen molar-refractivity contribution in [1.82, 2.24) is 0 Å². The van der Waals surface area contributed by atoms with Gasteiger partial charge in [-0.25, -0.2) is 0 Å². The number of carboxylic acids is 1. The molecule has 1 atom stereocenters. The zero-order valence-electron chi connectivity index (χ0n) is 10.6. The number of hydrogen-bond donors (Lipinski definition) is 2. The van der Waals surface area contributed by atoms with Gasteiger partial charge >= 0.3 is 5.97 Å². The summed E-state index contributed by atoms with van der Waals surface area (Å²) in [6.45, 7) is 2.10. The Morgan fingerprint density at radius 1 is 1.44 bits per heavy atom. The lowest BCUT2D eigenvalue weighted by Crippen LogP contribution is -2.71. The van der Waals surface area contributed by atoms with Gasteiger partial charge in [0.15, 0.2) is 0 Å². The maximum Gasteiger partial charge on any atom is 0.321 e. The van der Waals surface area contributed by atoms with Gasteiger partial charge in [0.25, 0.3) is 0 Å². The third kappa shape index (κ3) is 1.57. The number of aliphatic carboxylic acids is 1. The van der Waals surface area contributed by atoms with Crippen molar-refractivity contribution in [3.63, 3.8) is 0 Å². The molecule has 18 heavy (non-hydrogen) atoms. The highest BCUT2D eigenvalue weighted by Gasteiger charge is 2.70. The van der Waals surface area contributed by atoms with Crippen LogP contribution in [0.5, 0.6) is 0 Å². The van der Waals surface area contributed by atoms with Crippen LogP contribution in [-0.4, -0.2) is 17.1 Å². The first kappa shape index (κ1) is 11.7. The summed E-state index contributed by atoms with van der Waals surface area (Å²) in [5, 5.41) is 8.99. The molecule has 4 rings (SSSR count). The summed E-state index contributed by atoms with van der Waals surface area (Å²) in [7, 11) is 0.